The van der Waals surface area contributed by atoms with Crippen LogP contribution in [-0.2, 0) is 32.6 Å². The number of anilines is 1. The van der Waals surface area contributed by atoms with Gasteiger partial charge in [0, 0.05) is 31.6 Å². The lowest BCUT2D eigenvalue weighted by molar-refractivity contribution is -0.384. The Kier molecular flexibility index (Phi) is 11.6. The summed E-state index contributed by atoms with van der Waals surface area (Å²) < 4.78 is 29.0. The average Bonchev–Trinajstić information content (AvgIpc) is 3.06. The van der Waals surface area contributed by atoms with E-state index in [1.807, 2.05) is 68.4 Å². The van der Waals surface area contributed by atoms with Gasteiger partial charge in [0.15, 0.2) is 0 Å². The Morgan fingerprint density at radius 3 is 2.11 bits per heavy atom. The number of amides is 2. The number of nitrogens with zero attached hydrogens (tertiary/aromatic N) is 3. The minimum atomic E-state index is -4.30. The fourth-order valence-corrected chi connectivity index (χ4v) is 6.49. The van der Waals surface area contributed by atoms with E-state index in [0.29, 0.717) is 6.54 Å². The van der Waals surface area contributed by atoms with Gasteiger partial charge in [-0.1, -0.05) is 91.7 Å². The third-order valence-electron chi connectivity index (χ3n) is 7.49. The van der Waals surface area contributed by atoms with Crippen molar-refractivity contribution >= 4 is 33.2 Å². The zero-order valence-corrected chi connectivity index (χ0v) is 26.7. The van der Waals surface area contributed by atoms with Gasteiger partial charge >= 0.3 is 0 Å². The van der Waals surface area contributed by atoms with Crippen molar-refractivity contribution in [1.82, 2.24) is 10.2 Å². The molecule has 0 aromatic heterocycles. The molecule has 1 unspecified atom stereocenters. The van der Waals surface area contributed by atoms with E-state index in [-0.39, 0.29) is 35.1 Å². The first-order chi connectivity index (χ1) is 22.1. The highest BCUT2D eigenvalue weighted by Crippen LogP contribution is 2.27. The van der Waals surface area contributed by atoms with E-state index < -0.39 is 33.4 Å². The van der Waals surface area contributed by atoms with Gasteiger partial charge in [0.2, 0.25) is 11.8 Å². The second kappa shape index (κ2) is 15.8. The number of carbonyl (C=O) groups excluding carboxylic acids is 2. The van der Waals surface area contributed by atoms with E-state index in [2.05, 4.69) is 5.32 Å². The predicted molar refractivity (Wildman–Crippen MR) is 178 cm³/mol. The Morgan fingerprint density at radius 1 is 0.870 bits per heavy atom. The molecule has 0 radical (unpaired) electrons. The van der Waals surface area contributed by atoms with Gasteiger partial charge < -0.3 is 10.2 Å². The zero-order valence-electron chi connectivity index (χ0n) is 25.9. The molecule has 4 aromatic carbocycles. The molecule has 1 N–H and O–H groups in total. The minimum absolute atomic E-state index is 0.0514. The summed E-state index contributed by atoms with van der Waals surface area (Å²) in [6, 6.07) is 28.6. The molecule has 240 valence electrons. The second-order valence-corrected chi connectivity index (χ2v) is 12.8. The van der Waals surface area contributed by atoms with E-state index in [9.17, 15) is 28.1 Å². The molecule has 46 heavy (non-hydrogen) atoms. The van der Waals surface area contributed by atoms with Gasteiger partial charge in [0.1, 0.15) is 12.6 Å². The molecule has 0 aliphatic rings. The number of rotatable bonds is 15. The lowest BCUT2D eigenvalue weighted by Gasteiger charge is -2.34. The van der Waals surface area contributed by atoms with Crippen LogP contribution in [0.5, 0.6) is 0 Å². The summed E-state index contributed by atoms with van der Waals surface area (Å²) in [6.07, 6.45) is 1.84. The van der Waals surface area contributed by atoms with Crippen molar-refractivity contribution < 1.29 is 22.9 Å². The van der Waals surface area contributed by atoms with Crippen LogP contribution in [0.2, 0.25) is 0 Å². The second-order valence-electron chi connectivity index (χ2n) is 11.0. The fourth-order valence-electron chi connectivity index (χ4n) is 5.06. The first-order valence-corrected chi connectivity index (χ1v) is 16.5. The monoisotopic (exact) mass is 642 g/mol. The summed E-state index contributed by atoms with van der Waals surface area (Å²) in [4.78, 5) is 40.4. The van der Waals surface area contributed by atoms with E-state index in [0.717, 1.165) is 33.8 Å². The normalized spacial score (nSPS) is 11.8. The molecule has 4 aromatic rings. The van der Waals surface area contributed by atoms with Crippen molar-refractivity contribution in [3.8, 4) is 0 Å². The summed E-state index contributed by atoms with van der Waals surface area (Å²) in [6.45, 7) is 3.79. The maximum absolute atomic E-state index is 14.5. The van der Waals surface area contributed by atoms with Crippen LogP contribution >= 0.6 is 0 Å². The van der Waals surface area contributed by atoms with E-state index in [1.54, 1.807) is 18.2 Å². The Bertz CT molecular complexity index is 1730. The molecule has 1 atom stereocenters. The van der Waals surface area contributed by atoms with E-state index in [4.69, 9.17) is 0 Å². The Labute approximate surface area is 269 Å². The standard InChI is InChI=1S/C35H38N4O6S/c1-3-4-22-36-35(41)33(24-28-13-7-5-8-14-28)37(25-29-15-11-12-27(2)23-29)34(40)26-38(30-18-20-31(21-19-30)39(42)43)46(44,45)32-16-9-6-10-17-32/h5-21,23,33H,3-4,22,24-26H2,1-2H3,(H,36,41). The topological polar surface area (TPSA) is 130 Å². The number of hydrogen-bond acceptors (Lipinski definition) is 6. The molecule has 0 spiro atoms. The van der Waals surface area contributed by atoms with E-state index >= 15 is 0 Å². The molecule has 0 aliphatic heterocycles. The molecule has 0 saturated carbocycles. The highest BCUT2D eigenvalue weighted by Gasteiger charge is 2.34. The number of hydrogen-bond donors (Lipinski definition) is 1. The van der Waals surface area contributed by atoms with Crippen molar-refractivity contribution in [1.29, 1.82) is 0 Å². The largest absolute Gasteiger partial charge is 0.354 e. The molecule has 11 heteroatoms. The van der Waals surface area contributed by atoms with Crippen LogP contribution in [0.25, 0.3) is 0 Å². The summed E-state index contributed by atoms with van der Waals surface area (Å²) in [5, 5.41) is 14.3. The number of nitrogens with one attached hydrogen (secondary N) is 1. The summed E-state index contributed by atoms with van der Waals surface area (Å²) in [7, 11) is -4.30. The molecular weight excluding hydrogens is 604 g/mol. The number of non-ortho nitro benzene ring substituents is 1. The van der Waals surface area contributed by atoms with Gasteiger partial charge in [0.25, 0.3) is 15.7 Å². The number of sulfonamides is 1. The molecule has 0 bridgehead atoms. The highest BCUT2D eigenvalue weighted by atomic mass is 32.2. The molecule has 0 fully saturated rings. The van der Waals surface area contributed by atoms with Crippen molar-refractivity contribution in [2.24, 2.45) is 0 Å². The SMILES string of the molecule is CCCCNC(=O)C(Cc1ccccc1)N(Cc1cccc(C)c1)C(=O)CN(c1ccc([N+](=O)[O-])cc1)S(=O)(=O)c1ccccc1. The van der Waals surface area contributed by atoms with Gasteiger partial charge in [-0.15, -0.1) is 0 Å². The quantitative estimate of drug-likeness (QED) is 0.101. The maximum atomic E-state index is 14.5. The molecule has 0 saturated heterocycles. The lowest BCUT2D eigenvalue weighted by Crippen LogP contribution is -2.53. The third kappa shape index (κ3) is 8.79. The zero-order chi connectivity index (χ0) is 33.1. The van der Waals surface area contributed by atoms with Crippen molar-refractivity contribution in [3.05, 3.63) is 136 Å². The molecule has 0 heterocycles. The number of aryl methyl sites for hydroxylation is 1. The average molecular weight is 643 g/mol. The molecule has 2 amide bonds. The van der Waals surface area contributed by atoms with Gasteiger partial charge in [-0.25, -0.2) is 8.42 Å². The van der Waals surface area contributed by atoms with Crippen molar-refractivity contribution in [2.75, 3.05) is 17.4 Å². The maximum Gasteiger partial charge on any atom is 0.269 e. The fraction of sp³-hybridized carbons (Fsp3) is 0.257. The molecule has 4 rings (SSSR count). The summed E-state index contributed by atoms with van der Waals surface area (Å²) >= 11 is 0. The van der Waals surface area contributed by atoms with Crippen LogP contribution < -0.4 is 9.62 Å². The van der Waals surface area contributed by atoms with Crippen LogP contribution in [0.15, 0.2) is 114 Å². The van der Waals surface area contributed by atoms with Crippen LogP contribution in [0.3, 0.4) is 0 Å². The lowest BCUT2D eigenvalue weighted by atomic mass is 10.0. The van der Waals surface area contributed by atoms with Crippen molar-refractivity contribution in [3.63, 3.8) is 0 Å². The van der Waals surface area contributed by atoms with Gasteiger partial charge in [-0.3, -0.25) is 24.0 Å². The Hall–Kier alpha value is -5.03. The highest BCUT2D eigenvalue weighted by molar-refractivity contribution is 7.92. The number of carbonyl (C=O) groups is 2. The molecule has 0 aliphatic carbocycles. The van der Waals surface area contributed by atoms with E-state index in [1.165, 1.54) is 41.3 Å². The molecule has 10 nitrogen and oxygen atoms in total. The number of nitro benzene ring substituents is 1. The number of unbranched alkanes of at least 4 members (excludes halogenated alkanes) is 1. The molecular formula is C35H38N4O6S. The number of benzene rings is 4. The van der Waals surface area contributed by atoms with Gasteiger partial charge in [0.05, 0.1) is 15.5 Å². The third-order valence-corrected chi connectivity index (χ3v) is 9.28. The Balaban J connectivity index is 1.79. The summed E-state index contributed by atoms with van der Waals surface area (Å²) in [5.41, 5.74) is 2.44. The van der Waals surface area contributed by atoms with Gasteiger partial charge in [-0.2, -0.15) is 0 Å². The van der Waals surface area contributed by atoms with Crippen molar-refractivity contribution in [2.45, 2.75) is 50.6 Å². The number of nitro groups is 1. The minimum Gasteiger partial charge on any atom is -0.354 e. The summed E-state index contributed by atoms with van der Waals surface area (Å²) in [5.74, 6) is -0.947. The smallest absolute Gasteiger partial charge is 0.269 e. The van der Waals surface area contributed by atoms with Crippen LogP contribution in [-0.4, -0.2) is 49.2 Å². The predicted octanol–water partition coefficient (Wildman–Crippen LogP) is 5.65. The Morgan fingerprint density at radius 2 is 1.50 bits per heavy atom. The van der Waals surface area contributed by atoms with Crippen LogP contribution in [0.4, 0.5) is 11.4 Å². The first-order valence-electron chi connectivity index (χ1n) is 15.1. The van der Waals surface area contributed by atoms with Crippen LogP contribution in [0.1, 0.15) is 36.5 Å². The van der Waals surface area contributed by atoms with Gasteiger partial charge in [-0.05, 0) is 48.7 Å². The first kappa shape index (κ1) is 33.9. The van der Waals surface area contributed by atoms with Crippen LogP contribution in [0, 0.1) is 17.0 Å².